The Morgan fingerprint density at radius 3 is 2.64 bits per heavy atom. The Balaban J connectivity index is 1.85. The number of aromatic nitrogens is 1. The second-order valence-corrected chi connectivity index (χ2v) is 6.39. The standard InChI is InChI=1S/C16H19N3O2S/c17-10-14(16(21)19-12-4-2-1-3-5-12)15(20)11-22-13-6-8-18-9-7-13/h6-9,12,14H,1-5,11H2,(H,19,21). The molecular formula is C16H19N3O2S. The van der Waals surface area contributed by atoms with Crippen LogP contribution >= 0.6 is 11.8 Å². The number of hydrogen-bond acceptors (Lipinski definition) is 5. The summed E-state index contributed by atoms with van der Waals surface area (Å²) < 4.78 is 0. The topological polar surface area (TPSA) is 82.8 Å². The van der Waals surface area contributed by atoms with E-state index in [4.69, 9.17) is 5.26 Å². The summed E-state index contributed by atoms with van der Waals surface area (Å²) >= 11 is 1.32. The van der Waals surface area contributed by atoms with Crippen LogP contribution in [0.4, 0.5) is 0 Å². The molecule has 1 unspecified atom stereocenters. The molecule has 116 valence electrons. The van der Waals surface area contributed by atoms with Crippen molar-refractivity contribution in [1.29, 1.82) is 5.26 Å². The van der Waals surface area contributed by atoms with Crippen LogP contribution < -0.4 is 5.32 Å². The summed E-state index contributed by atoms with van der Waals surface area (Å²) in [6.45, 7) is 0. The average molecular weight is 317 g/mol. The number of Topliss-reactive ketones (excluding diaryl/α,β-unsaturated/α-hetero) is 1. The maximum Gasteiger partial charge on any atom is 0.245 e. The van der Waals surface area contributed by atoms with E-state index in [1.807, 2.05) is 6.07 Å². The van der Waals surface area contributed by atoms with Crippen LogP contribution in [0.2, 0.25) is 0 Å². The summed E-state index contributed by atoms with van der Waals surface area (Å²) in [6, 6.07) is 5.54. The van der Waals surface area contributed by atoms with Crippen molar-refractivity contribution in [2.75, 3.05) is 5.75 Å². The zero-order valence-electron chi connectivity index (χ0n) is 12.3. The number of nitrogens with zero attached hydrogens (tertiary/aromatic N) is 2. The van der Waals surface area contributed by atoms with Crippen LogP contribution in [0.15, 0.2) is 29.4 Å². The van der Waals surface area contributed by atoms with Gasteiger partial charge in [0.25, 0.3) is 0 Å². The number of ketones is 1. The molecule has 0 saturated heterocycles. The third-order valence-corrected chi connectivity index (χ3v) is 4.73. The molecule has 0 spiro atoms. The summed E-state index contributed by atoms with van der Waals surface area (Å²) in [5.41, 5.74) is 0. The summed E-state index contributed by atoms with van der Waals surface area (Å²) in [4.78, 5) is 29.0. The maximum atomic E-state index is 12.1. The van der Waals surface area contributed by atoms with Crippen LogP contribution in [-0.2, 0) is 9.59 Å². The number of pyridine rings is 1. The Hall–Kier alpha value is -1.87. The van der Waals surface area contributed by atoms with Crippen LogP contribution in [0.5, 0.6) is 0 Å². The first-order chi connectivity index (χ1) is 10.7. The number of rotatable bonds is 6. The first-order valence-corrected chi connectivity index (χ1v) is 8.45. The van der Waals surface area contributed by atoms with E-state index in [0.717, 1.165) is 30.6 Å². The van der Waals surface area contributed by atoms with Gasteiger partial charge in [-0.05, 0) is 25.0 Å². The van der Waals surface area contributed by atoms with Gasteiger partial charge in [0.2, 0.25) is 5.91 Å². The Bertz CT molecular complexity index is 550. The van der Waals surface area contributed by atoms with Gasteiger partial charge in [0.15, 0.2) is 11.7 Å². The molecule has 1 aliphatic rings. The van der Waals surface area contributed by atoms with Crippen LogP contribution in [0.3, 0.4) is 0 Å². The van der Waals surface area contributed by atoms with Crippen LogP contribution in [0, 0.1) is 17.2 Å². The second-order valence-electron chi connectivity index (χ2n) is 5.34. The molecule has 5 nitrogen and oxygen atoms in total. The van der Waals surface area contributed by atoms with E-state index in [0.29, 0.717) is 0 Å². The Kier molecular flexibility index (Phi) is 6.41. The number of thioether (sulfide) groups is 1. The molecule has 0 aliphatic heterocycles. The van der Waals surface area contributed by atoms with Gasteiger partial charge < -0.3 is 5.32 Å². The summed E-state index contributed by atoms with van der Waals surface area (Å²) in [5, 5.41) is 12.0. The minimum absolute atomic E-state index is 0.109. The van der Waals surface area contributed by atoms with Gasteiger partial charge in [0.05, 0.1) is 11.8 Å². The smallest absolute Gasteiger partial charge is 0.245 e. The second kappa shape index (κ2) is 8.54. The van der Waals surface area contributed by atoms with E-state index in [2.05, 4.69) is 10.3 Å². The van der Waals surface area contributed by atoms with Crippen LogP contribution in [-0.4, -0.2) is 28.5 Å². The largest absolute Gasteiger partial charge is 0.352 e. The van der Waals surface area contributed by atoms with Crippen LogP contribution in [0.1, 0.15) is 32.1 Å². The molecule has 0 bridgehead atoms. The molecule has 1 heterocycles. The fourth-order valence-corrected chi connectivity index (χ4v) is 3.27. The van der Waals surface area contributed by atoms with Gasteiger partial charge in [-0.2, -0.15) is 5.26 Å². The average Bonchev–Trinajstić information content (AvgIpc) is 2.55. The van der Waals surface area contributed by atoms with Crippen molar-refractivity contribution in [3.63, 3.8) is 0 Å². The van der Waals surface area contributed by atoms with Gasteiger partial charge in [0.1, 0.15) is 0 Å². The number of carbonyl (C=O) groups excluding carboxylic acids is 2. The Labute approximate surface area is 134 Å². The van der Waals surface area contributed by atoms with Gasteiger partial charge in [-0.25, -0.2) is 0 Å². The number of amides is 1. The highest BCUT2D eigenvalue weighted by atomic mass is 32.2. The first kappa shape index (κ1) is 16.5. The van der Waals surface area contributed by atoms with Crippen molar-refractivity contribution in [3.05, 3.63) is 24.5 Å². The van der Waals surface area contributed by atoms with Gasteiger partial charge in [-0.15, -0.1) is 11.8 Å². The minimum Gasteiger partial charge on any atom is -0.352 e. The molecule has 6 heteroatoms. The number of carbonyl (C=O) groups is 2. The lowest BCUT2D eigenvalue weighted by Crippen LogP contribution is -2.42. The molecule has 2 rings (SSSR count). The highest BCUT2D eigenvalue weighted by Gasteiger charge is 2.28. The number of nitriles is 1. The van der Waals surface area contributed by atoms with Crippen molar-refractivity contribution < 1.29 is 9.59 Å². The van der Waals surface area contributed by atoms with E-state index in [1.54, 1.807) is 24.5 Å². The van der Waals surface area contributed by atoms with E-state index >= 15 is 0 Å². The molecule has 1 atom stereocenters. The van der Waals surface area contributed by atoms with Gasteiger partial charge >= 0.3 is 0 Å². The van der Waals surface area contributed by atoms with Gasteiger partial charge in [-0.3, -0.25) is 14.6 Å². The lowest BCUT2D eigenvalue weighted by atomic mass is 9.94. The van der Waals surface area contributed by atoms with Crippen LogP contribution in [0.25, 0.3) is 0 Å². The molecule has 1 N–H and O–H groups in total. The molecular weight excluding hydrogens is 298 g/mol. The van der Waals surface area contributed by atoms with Gasteiger partial charge in [0, 0.05) is 23.3 Å². The quantitative estimate of drug-likeness (QED) is 0.643. The molecule has 1 aromatic heterocycles. The minimum atomic E-state index is -1.21. The molecule has 0 aromatic carbocycles. The third-order valence-electron chi connectivity index (χ3n) is 3.70. The van der Waals surface area contributed by atoms with E-state index in [9.17, 15) is 9.59 Å². The Morgan fingerprint density at radius 1 is 1.32 bits per heavy atom. The molecule has 1 amide bonds. The van der Waals surface area contributed by atoms with Crippen molar-refractivity contribution in [1.82, 2.24) is 10.3 Å². The Morgan fingerprint density at radius 2 is 2.00 bits per heavy atom. The van der Waals surface area contributed by atoms with E-state index < -0.39 is 11.8 Å². The van der Waals surface area contributed by atoms with Crippen molar-refractivity contribution >= 4 is 23.5 Å². The zero-order valence-corrected chi connectivity index (χ0v) is 13.1. The third kappa shape index (κ3) is 4.85. The van der Waals surface area contributed by atoms with Crippen molar-refractivity contribution in [2.24, 2.45) is 5.92 Å². The zero-order chi connectivity index (χ0) is 15.8. The predicted molar refractivity (Wildman–Crippen MR) is 84.1 cm³/mol. The molecule has 0 radical (unpaired) electrons. The van der Waals surface area contributed by atoms with E-state index in [-0.39, 0.29) is 17.6 Å². The highest BCUT2D eigenvalue weighted by molar-refractivity contribution is 8.00. The monoisotopic (exact) mass is 317 g/mol. The first-order valence-electron chi connectivity index (χ1n) is 7.46. The number of hydrogen-bond donors (Lipinski definition) is 1. The normalized spacial score (nSPS) is 16.5. The molecule has 1 aromatic rings. The lowest BCUT2D eigenvalue weighted by molar-refractivity contribution is -0.131. The summed E-state index contributed by atoms with van der Waals surface area (Å²) in [5.74, 6) is -1.90. The molecule has 1 saturated carbocycles. The molecule has 1 fully saturated rings. The SMILES string of the molecule is N#CC(C(=O)CSc1ccncc1)C(=O)NC1CCCCC1. The molecule has 1 aliphatic carbocycles. The van der Waals surface area contributed by atoms with E-state index in [1.165, 1.54) is 18.2 Å². The highest BCUT2D eigenvalue weighted by Crippen LogP contribution is 2.19. The maximum absolute atomic E-state index is 12.1. The van der Waals surface area contributed by atoms with Gasteiger partial charge in [-0.1, -0.05) is 19.3 Å². The molecule has 22 heavy (non-hydrogen) atoms. The summed E-state index contributed by atoms with van der Waals surface area (Å²) in [6.07, 6.45) is 8.53. The predicted octanol–water partition coefficient (Wildman–Crippen LogP) is 2.33. The summed E-state index contributed by atoms with van der Waals surface area (Å²) in [7, 11) is 0. The fourth-order valence-electron chi connectivity index (χ4n) is 2.48. The number of nitrogens with one attached hydrogen (secondary N) is 1. The lowest BCUT2D eigenvalue weighted by Gasteiger charge is -2.23. The van der Waals surface area contributed by atoms with Crippen molar-refractivity contribution in [2.45, 2.75) is 43.0 Å². The van der Waals surface area contributed by atoms with Crippen molar-refractivity contribution in [3.8, 4) is 6.07 Å². The fraction of sp³-hybridized carbons (Fsp3) is 0.500.